The Balaban J connectivity index is 1.59. The van der Waals surface area contributed by atoms with Gasteiger partial charge in [0, 0.05) is 19.0 Å². The molecule has 0 aliphatic heterocycles. The van der Waals surface area contributed by atoms with Crippen molar-refractivity contribution >= 4 is 11.8 Å². The lowest BCUT2D eigenvalue weighted by Gasteiger charge is -2.32. The van der Waals surface area contributed by atoms with E-state index in [1.807, 2.05) is 92.7 Å². The van der Waals surface area contributed by atoms with Gasteiger partial charge in [0.25, 0.3) is 5.91 Å². The molecule has 0 spiro atoms. The maximum absolute atomic E-state index is 13.7. The van der Waals surface area contributed by atoms with Crippen molar-refractivity contribution in [2.45, 2.75) is 64.6 Å². The fourth-order valence-corrected chi connectivity index (χ4v) is 4.67. The van der Waals surface area contributed by atoms with Gasteiger partial charge in [-0.1, -0.05) is 90.7 Å². The Morgan fingerprint density at radius 3 is 2.11 bits per heavy atom. The molecule has 1 fully saturated rings. The zero-order valence-electron chi connectivity index (χ0n) is 21.3. The average molecular weight is 485 g/mol. The summed E-state index contributed by atoms with van der Waals surface area (Å²) in [5, 5.41) is 3.24. The first-order valence-corrected chi connectivity index (χ1v) is 12.9. The lowest BCUT2D eigenvalue weighted by molar-refractivity contribution is -0.143. The van der Waals surface area contributed by atoms with E-state index in [4.69, 9.17) is 4.74 Å². The standard InChI is InChI=1S/C31H36N2O3/c1-23-12-16-26(17-13-23)21-33(30(34)22-36-28-18-14-24(2)15-19-28)29(20-25-8-4-3-5-9-25)31(35)32-27-10-6-7-11-27/h3-5,8-9,12-19,27,29H,6-7,10-11,20-22H2,1-2H3,(H,32,35). The average Bonchev–Trinajstić information content (AvgIpc) is 3.40. The van der Waals surface area contributed by atoms with E-state index in [9.17, 15) is 9.59 Å². The number of nitrogens with one attached hydrogen (secondary N) is 1. The number of carbonyl (C=O) groups is 2. The Labute approximate surface area is 214 Å². The largest absolute Gasteiger partial charge is 0.484 e. The fraction of sp³-hybridized carbons (Fsp3) is 0.355. The van der Waals surface area contributed by atoms with E-state index in [1.165, 1.54) is 0 Å². The predicted octanol–water partition coefficient (Wildman–Crippen LogP) is 5.38. The molecule has 0 saturated heterocycles. The molecule has 0 aromatic heterocycles. The number of aryl methyl sites for hydroxylation is 2. The third-order valence-corrected chi connectivity index (χ3v) is 6.83. The molecule has 5 heteroatoms. The van der Waals surface area contributed by atoms with Gasteiger partial charge < -0.3 is 15.0 Å². The molecule has 5 nitrogen and oxygen atoms in total. The Kier molecular flexibility index (Phi) is 8.77. The third kappa shape index (κ3) is 7.20. The Morgan fingerprint density at radius 2 is 1.47 bits per heavy atom. The molecule has 1 saturated carbocycles. The zero-order chi connectivity index (χ0) is 25.3. The van der Waals surface area contributed by atoms with Crippen molar-refractivity contribution in [3.63, 3.8) is 0 Å². The molecular formula is C31H36N2O3. The van der Waals surface area contributed by atoms with E-state index in [-0.39, 0.29) is 24.5 Å². The summed E-state index contributed by atoms with van der Waals surface area (Å²) < 4.78 is 5.85. The maximum atomic E-state index is 13.7. The molecule has 1 unspecified atom stereocenters. The summed E-state index contributed by atoms with van der Waals surface area (Å²) in [5.74, 6) is 0.333. The van der Waals surface area contributed by atoms with Gasteiger partial charge >= 0.3 is 0 Å². The van der Waals surface area contributed by atoms with E-state index in [2.05, 4.69) is 5.32 Å². The normalized spacial score (nSPS) is 14.3. The molecule has 4 rings (SSSR count). The maximum Gasteiger partial charge on any atom is 0.261 e. The molecule has 1 N–H and O–H groups in total. The van der Waals surface area contributed by atoms with Crippen molar-refractivity contribution in [3.8, 4) is 5.75 Å². The number of carbonyl (C=O) groups excluding carboxylic acids is 2. The van der Waals surface area contributed by atoms with E-state index in [1.54, 1.807) is 4.90 Å². The fourth-order valence-electron chi connectivity index (χ4n) is 4.67. The molecule has 36 heavy (non-hydrogen) atoms. The first-order chi connectivity index (χ1) is 17.5. The molecule has 0 bridgehead atoms. The van der Waals surface area contributed by atoms with Gasteiger partial charge in [-0.15, -0.1) is 0 Å². The third-order valence-electron chi connectivity index (χ3n) is 6.83. The van der Waals surface area contributed by atoms with E-state index in [0.717, 1.165) is 47.9 Å². The summed E-state index contributed by atoms with van der Waals surface area (Å²) in [6.45, 7) is 4.26. The van der Waals surface area contributed by atoms with Gasteiger partial charge in [0.05, 0.1) is 0 Å². The SMILES string of the molecule is Cc1ccc(CN(C(=O)COc2ccc(C)cc2)C(Cc2ccccc2)C(=O)NC2CCCC2)cc1. The van der Waals surface area contributed by atoms with Crippen molar-refractivity contribution in [3.05, 3.63) is 101 Å². The summed E-state index contributed by atoms with van der Waals surface area (Å²) in [6.07, 6.45) is 4.69. The van der Waals surface area contributed by atoms with Gasteiger partial charge in [-0.25, -0.2) is 0 Å². The highest BCUT2D eigenvalue weighted by Gasteiger charge is 2.32. The molecule has 1 aliphatic carbocycles. The van der Waals surface area contributed by atoms with Crippen LogP contribution in [0.4, 0.5) is 0 Å². The van der Waals surface area contributed by atoms with Crippen LogP contribution in [0.3, 0.4) is 0 Å². The van der Waals surface area contributed by atoms with Crippen LogP contribution in [0.25, 0.3) is 0 Å². The monoisotopic (exact) mass is 484 g/mol. The molecule has 0 radical (unpaired) electrons. The van der Waals surface area contributed by atoms with Crippen molar-refractivity contribution in [1.82, 2.24) is 10.2 Å². The van der Waals surface area contributed by atoms with Gasteiger partial charge in [-0.05, 0) is 49.9 Å². The van der Waals surface area contributed by atoms with Crippen molar-refractivity contribution in [2.24, 2.45) is 0 Å². The Hall–Kier alpha value is -3.60. The molecule has 1 aliphatic rings. The molecular weight excluding hydrogens is 448 g/mol. The molecule has 3 aromatic rings. The number of ether oxygens (including phenoxy) is 1. The smallest absolute Gasteiger partial charge is 0.261 e. The predicted molar refractivity (Wildman–Crippen MR) is 143 cm³/mol. The number of benzene rings is 3. The highest BCUT2D eigenvalue weighted by atomic mass is 16.5. The second-order valence-electron chi connectivity index (χ2n) is 9.80. The van der Waals surface area contributed by atoms with Crippen LogP contribution in [0, 0.1) is 13.8 Å². The lowest BCUT2D eigenvalue weighted by Crippen LogP contribution is -2.53. The van der Waals surface area contributed by atoms with Crippen molar-refractivity contribution in [2.75, 3.05) is 6.61 Å². The van der Waals surface area contributed by atoms with Crippen LogP contribution in [0.1, 0.15) is 47.9 Å². The summed E-state index contributed by atoms with van der Waals surface area (Å²) in [4.78, 5) is 29.0. The van der Waals surface area contributed by atoms with Gasteiger partial charge in [-0.2, -0.15) is 0 Å². The molecule has 188 valence electrons. The van der Waals surface area contributed by atoms with Crippen molar-refractivity contribution in [1.29, 1.82) is 0 Å². The van der Waals surface area contributed by atoms with Gasteiger partial charge in [0.15, 0.2) is 6.61 Å². The van der Waals surface area contributed by atoms with E-state index in [0.29, 0.717) is 18.7 Å². The Morgan fingerprint density at radius 1 is 0.861 bits per heavy atom. The van der Waals surface area contributed by atoms with Crippen LogP contribution in [-0.2, 0) is 22.6 Å². The summed E-state index contributed by atoms with van der Waals surface area (Å²) >= 11 is 0. The van der Waals surface area contributed by atoms with Gasteiger partial charge in [-0.3, -0.25) is 9.59 Å². The van der Waals surface area contributed by atoms with Crippen LogP contribution in [0.2, 0.25) is 0 Å². The first kappa shape index (κ1) is 25.5. The highest BCUT2D eigenvalue weighted by molar-refractivity contribution is 5.88. The van der Waals surface area contributed by atoms with Crippen molar-refractivity contribution < 1.29 is 14.3 Å². The number of nitrogens with zero attached hydrogens (tertiary/aromatic N) is 1. The second kappa shape index (κ2) is 12.4. The lowest BCUT2D eigenvalue weighted by atomic mass is 10.0. The number of amides is 2. The topological polar surface area (TPSA) is 58.6 Å². The van der Waals surface area contributed by atoms with E-state index >= 15 is 0 Å². The van der Waals surface area contributed by atoms with Gasteiger partial charge in [0.1, 0.15) is 11.8 Å². The summed E-state index contributed by atoms with van der Waals surface area (Å²) in [5.41, 5.74) is 4.28. The summed E-state index contributed by atoms with van der Waals surface area (Å²) in [7, 11) is 0. The minimum atomic E-state index is -0.636. The molecule has 0 heterocycles. The highest BCUT2D eigenvalue weighted by Crippen LogP contribution is 2.20. The van der Waals surface area contributed by atoms with Crippen LogP contribution >= 0.6 is 0 Å². The first-order valence-electron chi connectivity index (χ1n) is 12.9. The van der Waals surface area contributed by atoms with E-state index < -0.39 is 6.04 Å². The van der Waals surface area contributed by atoms with Crippen LogP contribution in [0.5, 0.6) is 5.75 Å². The van der Waals surface area contributed by atoms with Gasteiger partial charge in [0.2, 0.25) is 5.91 Å². The molecule has 1 atom stereocenters. The van der Waals surface area contributed by atoms with Crippen LogP contribution in [-0.4, -0.2) is 35.4 Å². The molecule has 2 amide bonds. The number of rotatable bonds is 10. The number of hydrogen-bond donors (Lipinski definition) is 1. The minimum Gasteiger partial charge on any atom is -0.484 e. The van der Waals surface area contributed by atoms with Crippen LogP contribution in [0.15, 0.2) is 78.9 Å². The van der Waals surface area contributed by atoms with Crippen LogP contribution < -0.4 is 10.1 Å². The zero-order valence-corrected chi connectivity index (χ0v) is 21.3. The minimum absolute atomic E-state index is 0.0958. The Bertz CT molecular complexity index is 1120. The second-order valence-corrected chi connectivity index (χ2v) is 9.80. The number of hydrogen-bond acceptors (Lipinski definition) is 3. The summed E-state index contributed by atoms with van der Waals surface area (Å²) in [6, 6.07) is 25.2. The quantitative estimate of drug-likeness (QED) is 0.420. The molecule has 3 aromatic carbocycles.